The molecule has 2 aromatic carbocycles. The largest absolute Gasteiger partial charge is 0.491 e. The van der Waals surface area contributed by atoms with E-state index in [9.17, 15) is 0 Å². The molecule has 0 aromatic heterocycles. The van der Waals surface area contributed by atoms with Crippen molar-refractivity contribution in [2.75, 3.05) is 40.7 Å². The van der Waals surface area contributed by atoms with E-state index in [-0.39, 0.29) is 0 Å². The Labute approximate surface area is 165 Å². The molecular formula is C21H27N3O4. The van der Waals surface area contributed by atoms with Crippen molar-refractivity contribution in [3.63, 3.8) is 0 Å². The third-order valence-electron chi connectivity index (χ3n) is 4.31. The summed E-state index contributed by atoms with van der Waals surface area (Å²) in [7, 11) is 3.43. The molecular weight excluding hydrogens is 358 g/mol. The van der Waals surface area contributed by atoms with Gasteiger partial charge in [-0.2, -0.15) is 0 Å². The highest BCUT2D eigenvalue weighted by atomic mass is 16.7. The van der Waals surface area contributed by atoms with Crippen LogP contribution >= 0.6 is 0 Å². The van der Waals surface area contributed by atoms with Crippen molar-refractivity contribution in [2.24, 2.45) is 4.99 Å². The fourth-order valence-electron chi connectivity index (χ4n) is 2.77. The van der Waals surface area contributed by atoms with E-state index in [1.54, 1.807) is 14.2 Å². The van der Waals surface area contributed by atoms with E-state index >= 15 is 0 Å². The van der Waals surface area contributed by atoms with Gasteiger partial charge in [0.05, 0.1) is 6.61 Å². The summed E-state index contributed by atoms with van der Waals surface area (Å²) in [5.41, 5.74) is 2.34. The smallest absolute Gasteiger partial charge is 0.231 e. The molecule has 1 aliphatic rings. The zero-order valence-electron chi connectivity index (χ0n) is 16.4. The van der Waals surface area contributed by atoms with Gasteiger partial charge in [0.25, 0.3) is 0 Å². The number of nitrogens with one attached hydrogen (secondary N) is 2. The topological polar surface area (TPSA) is 73.3 Å². The Kier molecular flexibility index (Phi) is 7.37. The number of rotatable bonds is 9. The van der Waals surface area contributed by atoms with Crippen LogP contribution in [0.4, 0.5) is 0 Å². The van der Waals surface area contributed by atoms with Gasteiger partial charge in [0.15, 0.2) is 17.5 Å². The van der Waals surface area contributed by atoms with E-state index in [2.05, 4.69) is 21.7 Å². The Balaban J connectivity index is 1.39. The third kappa shape index (κ3) is 5.79. The predicted octanol–water partition coefficient (Wildman–Crippen LogP) is 2.35. The van der Waals surface area contributed by atoms with E-state index in [0.29, 0.717) is 26.6 Å². The zero-order chi connectivity index (χ0) is 19.6. The summed E-state index contributed by atoms with van der Waals surface area (Å²) in [5, 5.41) is 6.65. The lowest BCUT2D eigenvalue weighted by Gasteiger charge is -2.12. The maximum absolute atomic E-state index is 5.57. The molecule has 1 aliphatic heterocycles. The summed E-state index contributed by atoms with van der Waals surface area (Å²) < 4.78 is 21.3. The van der Waals surface area contributed by atoms with Gasteiger partial charge in [-0.3, -0.25) is 4.99 Å². The highest BCUT2D eigenvalue weighted by molar-refractivity contribution is 5.79. The number of hydrogen-bond donors (Lipinski definition) is 2. The molecule has 2 aromatic rings. The maximum atomic E-state index is 5.57. The number of ether oxygens (including phenoxy) is 4. The van der Waals surface area contributed by atoms with Gasteiger partial charge in [0.2, 0.25) is 6.79 Å². The minimum Gasteiger partial charge on any atom is -0.491 e. The molecule has 1 heterocycles. The van der Waals surface area contributed by atoms with E-state index < -0.39 is 0 Å². The maximum Gasteiger partial charge on any atom is 0.231 e. The van der Waals surface area contributed by atoms with Crippen molar-refractivity contribution < 1.29 is 18.9 Å². The number of guanidine groups is 1. The fourth-order valence-corrected chi connectivity index (χ4v) is 2.77. The third-order valence-corrected chi connectivity index (χ3v) is 4.31. The summed E-state index contributed by atoms with van der Waals surface area (Å²) >= 11 is 0. The van der Waals surface area contributed by atoms with Crippen LogP contribution < -0.4 is 24.8 Å². The van der Waals surface area contributed by atoms with Gasteiger partial charge in [-0.1, -0.05) is 18.2 Å². The number of aliphatic imine (C=N–C) groups is 1. The summed E-state index contributed by atoms with van der Waals surface area (Å²) in [5.74, 6) is 3.23. The number of methoxy groups -OCH3 is 1. The highest BCUT2D eigenvalue weighted by Crippen LogP contribution is 2.32. The van der Waals surface area contributed by atoms with Crippen LogP contribution in [-0.2, 0) is 17.7 Å². The van der Waals surface area contributed by atoms with Gasteiger partial charge in [0, 0.05) is 27.2 Å². The molecule has 0 unspecified atom stereocenters. The predicted molar refractivity (Wildman–Crippen MR) is 108 cm³/mol. The molecule has 2 N–H and O–H groups in total. The van der Waals surface area contributed by atoms with Crippen LogP contribution in [-0.4, -0.2) is 46.7 Å². The van der Waals surface area contributed by atoms with Crippen molar-refractivity contribution in [1.82, 2.24) is 10.6 Å². The molecule has 28 heavy (non-hydrogen) atoms. The highest BCUT2D eigenvalue weighted by Gasteiger charge is 2.12. The van der Waals surface area contributed by atoms with E-state index in [4.69, 9.17) is 18.9 Å². The Morgan fingerprint density at radius 1 is 1.00 bits per heavy atom. The molecule has 7 heteroatoms. The summed E-state index contributed by atoms with van der Waals surface area (Å²) in [6.07, 6.45) is 0.866. The van der Waals surface area contributed by atoms with Crippen LogP contribution in [0.15, 0.2) is 47.5 Å². The van der Waals surface area contributed by atoms with Gasteiger partial charge in [-0.25, -0.2) is 0 Å². The van der Waals surface area contributed by atoms with Crippen molar-refractivity contribution in [2.45, 2.75) is 13.0 Å². The van der Waals surface area contributed by atoms with E-state index in [1.807, 2.05) is 36.4 Å². The van der Waals surface area contributed by atoms with Crippen LogP contribution in [0.2, 0.25) is 0 Å². The lowest BCUT2D eigenvalue weighted by molar-refractivity contribution is 0.146. The van der Waals surface area contributed by atoms with E-state index in [1.165, 1.54) is 5.56 Å². The lowest BCUT2D eigenvalue weighted by Crippen LogP contribution is -2.37. The molecule has 0 spiro atoms. The van der Waals surface area contributed by atoms with Crippen molar-refractivity contribution >= 4 is 5.96 Å². The molecule has 0 fully saturated rings. The number of fused-ring (bicyclic) bond motifs is 1. The fraction of sp³-hybridized carbons (Fsp3) is 0.381. The molecule has 150 valence electrons. The van der Waals surface area contributed by atoms with Crippen molar-refractivity contribution in [3.8, 4) is 17.2 Å². The van der Waals surface area contributed by atoms with Crippen LogP contribution in [0.5, 0.6) is 17.2 Å². The Morgan fingerprint density at radius 2 is 1.79 bits per heavy atom. The first-order valence-corrected chi connectivity index (χ1v) is 9.32. The second-order valence-electron chi connectivity index (χ2n) is 6.28. The molecule has 3 rings (SSSR count). The Hall–Kier alpha value is -2.93. The molecule has 0 amide bonds. The monoisotopic (exact) mass is 385 g/mol. The minimum absolute atomic E-state index is 0.299. The van der Waals surface area contributed by atoms with Gasteiger partial charge in [0.1, 0.15) is 12.4 Å². The zero-order valence-corrected chi connectivity index (χ0v) is 16.4. The minimum atomic E-state index is 0.299. The van der Waals surface area contributed by atoms with Gasteiger partial charge in [-0.15, -0.1) is 0 Å². The molecule has 7 nitrogen and oxygen atoms in total. The number of hydrogen-bond acceptors (Lipinski definition) is 5. The number of benzene rings is 2. The van der Waals surface area contributed by atoms with Gasteiger partial charge >= 0.3 is 0 Å². The Morgan fingerprint density at radius 3 is 2.57 bits per heavy atom. The van der Waals surface area contributed by atoms with Gasteiger partial charge < -0.3 is 29.6 Å². The summed E-state index contributed by atoms with van der Waals surface area (Å²) in [6.45, 7) is 2.88. The first-order valence-electron chi connectivity index (χ1n) is 9.32. The van der Waals surface area contributed by atoms with Crippen LogP contribution in [0, 0.1) is 0 Å². The van der Waals surface area contributed by atoms with Crippen LogP contribution in [0.3, 0.4) is 0 Å². The average Bonchev–Trinajstić information content (AvgIpc) is 3.19. The number of nitrogens with zero attached hydrogens (tertiary/aromatic N) is 1. The standard InChI is InChI=1S/C21H27N3O4/c1-22-21(23-10-9-16-5-8-19-20(13-16)28-15-27-19)24-14-17-3-6-18(7-4-17)26-12-11-25-2/h3-8,13H,9-12,14-15H2,1-2H3,(H2,22,23,24). The molecule has 0 bridgehead atoms. The van der Waals surface area contributed by atoms with E-state index in [0.717, 1.165) is 41.7 Å². The second-order valence-corrected chi connectivity index (χ2v) is 6.28. The average molecular weight is 385 g/mol. The quantitative estimate of drug-likeness (QED) is 0.392. The Bertz CT molecular complexity index is 778. The van der Waals surface area contributed by atoms with Crippen molar-refractivity contribution in [3.05, 3.63) is 53.6 Å². The first-order chi connectivity index (χ1) is 13.8. The first kappa shape index (κ1) is 19.8. The molecule has 0 saturated carbocycles. The molecule has 0 saturated heterocycles. The SMILES string of the molecule is CN=C(NCCc1ccc2c(c1)OCO2)NCc1ccc(OCCOC)cc1. The normalized spacial score (nSPS) is 12.7. The molecule has 0 radical (unpaired) electrons. The van der Waals surface area contributed by atoms with Crippen LogP contribution in [0.1, 0.15) is 11.1 Å². The summed E-state index contributed by atoms with van der Waals surface area (Å²) in [4.78, 5) is 4.27. The lowest BCUT2D eigenvalue weighted by atomic mass is 10.1. The van der Waals surface area contributed by atoms with Crippen molar-refractivity contribution in [1.29, 1.82) is 0 Å². The summed E-state index contributed by atoms with van der Waals surface area (Å²) in [6, 6.07) is 14.0. The second kappa shape index (κ2) is 10.4. The molecule has 0 atom stereocenters. The molecule has 0 aliphatic carbocycles. The van der Waals surface area contributed by atoms with Crippen LogP contribution in [0.25, 0.3) is 0 Å². The van der Waals surface area contributed by atoms with Gasteiger partial charge in [-0.05, 0) is 41.8 Å².